The first-order valence-electron chi connectivity index (χ1n) is 7.10. The molecule has 1 aliphatic rings. The minimum Gasteiger partial charge on any atom is -0.373 e. The van der Waals surface area contributed by atoms with Gasteiger partial charge < -0.3 is 4.74 Å². The second-order valence-corrected chi connectivity index (χ2v) is 6.35. The van der Waals surface area contributed by atoms with E-state index in [2.05, 4.69) is 13.8 Å². The van der Waals surface area contributed by atoms with Crippen LogP contribution < -0.4 is 0 Å². The molecule has 1 aromatic carbocycles. The monoisotopic (exact) mass is 284 g/mol. The lowest BCUT2D eigenvalue weighted by molar-refractivity contribution is 0.0409. The summed E-state index contributed by atoms with van der Waals surface area (Å²) in [5.74, 6) is 1.23. The van der Waals surface area contributed by atoms with Crippen LogP contribution in [0.3, 0.4) is 0 Å². The third kappa shape index (κ3) is 4.19. The third-order valence-electron chi connectivity index (χ3n) is 3.82. The summed E-state index contributed by atoms with van der Waals surface area (Å²) >= 11 is 5.99. The number of hydrogen-bond acceptors (Lipinski definition) is 1. The maximum Gasteiger partial charge on any atom is 0.130 e. The van der Waals surface area contributed by atoms with Gasteiger partial charge in [-0.15, -0.1) is 0 Å². The van der Waals surface area contributed by atoms with Gasteiger partial charge in [0.05, 0.1) is 12.7 Å². The summed E-state index contributed by atoms with van der Waals surface area (Å²) in [6, 6.07) is 4.76. The highest BCUT2D eigenvalue weighted by atomic mass is 35.5. The van der Waals surface area contributed by atoms with Crippen molar-refractivity contribution >= 4 is 11.6 Å². The molecular weight excluding hydrogens is 263 g/mol. The molecule has 106 valence electrons. The van der Waals surface area contributed by atoms with Crippen LogP contribution in [0.2, 0.25) is 5.02 Å². The Morgan fingerprint density at radius 1 is 1.37 bits per heavy atom. The van der Waals surface area contributed by atoms with E-state index in [1.807, 2.05) is 0 Å². The largest absolute Gasteiger partial charge is 0.373 e. The molecule has 0 amide bonds. The zero-order valence-electron chi connectivity index (χ0n) is 11.7. The van der Waals surface area contributed by atoms with Crippen molar-refractivity contribution in [3.63, 3.8) is 0 Å². The fourth-order valence-corrected chi connectivity index (χ4v) is 3.15. The summed E-state index contributed by atoms with van der Waals surface area (Å²) in [6.07, 6.45) is 4.95. The van der Waals surface area contributed by atoms with E-state index >= 15 is 0 Å². The first kappa shape index (κ1) is 14.8. The van der Waals surface area contributed by atoms with E-state index in [1.54, 1.807) is 12.1 Å². The minimum absolute atomic E-state index is 0.263. The summed E-state index contributed by atoms with van der Waals surface area (Å²) in [5.41, 5.74) is 0.483. The highest BCUT2D eigenvalue weighted by Gasteiger charge is 2.26. The SMILES string of the molecule is CC(C)C[C@@H]1CC[C@@H](OCc2c(F)cccc2Cl)C1. The molecule has 0 radical (unpaired) electrons. The Morgan fingerprint density at radius 3 is 2.84 bits per heavy atom. The average molecular weight is 285 g/mol. The van der Waals surface area contributed by atoms with Crippen LogP contribution in [-0.4, -0.2) is 6.10 Å². The van der Waals surface area contributed by atoms with Gasteiger partial charge in [-0.1, -0.05) is 31.5 Å². The first-order chi connectivity index (χ1) is 9.06. The van der Waals surface area contributed by atoms with Gasteiger partial charge in [0, 0.05) is 10.6 Å². The van der Waals surface area contributed by atoms with E-state index in [0.29, 0.717) is 10.6 Å². The number of halogens is 2. The third-order valence-corrected chi connectivity index (χ3v) is 4.18. The van der Waals surface area contributed by atoms with E-state index in [0.717, 1.165) is 24.7 Å². The smallest absolute Gasteiger partial charge is 0.130 e. The Morgan fingerprint density at radius 2 is 2.16 bits per heavy atom. The van der Waals surface area contributed by atoms with E-state index in [1.165, 1.54) is 18.9 Å². The van der Waals surface area contributed by atoms with Crippen molar-refractivity contribution in [2.45, 2.75) is 52.2 Å². The Bertz CT molecular complexity index is 399. The Labute approximate surface area is 120 Å². The topological polar surface area (TPSA) is 9.23 Å². The standard InChI is InChI=1S/C16H22ClFO/c1-11(2)8-12-6-7-13(9-12)19-10-14-15(17)4-3-5-16(14)18/h3-5,11-13H,6-10H2,1-2H3/t12-,13+/m0/s1. The van der Waals surface area contributed by atoms with Crippen LogP contribution in [0.15, 0.2) is 18.2 Å². The van der Waals surface area contributed by atoms with Gasteiger partial charge >= 0.3 is 0 Å². The van der Waals surface area contributed by atoms with Gasteiger partial charge in [0.25, 0.3) is 0 Å². The summed E-state index contributed by atoms with van der Waals surface area (Å²) in [7, 11) is 0. The summed E-state index contributed by atoms with van der Waals surface area (Å²) < 4.78 is 19.4. The van der Waals surface area contributed by atoms with Crippen LogP contribution in [0.5, 0.6) is 0 Å². The first-order valence-corrected chi connectivity index (χ1v) is 7.48. The van der Waals surface area contributed by atoms with Crippen LogP contribution in [0.4, 0.5) is 4.39 Å². The molecule has 19 heavy (non-hydrogen) atoms. The minimum atomic E-state index is -0.274. The van der Waals surface area contributed by atoms with Crippen LogP contribution in [0, 0.1) is 17.7 Å². The van der Waals surface area contributed by atoms with Gasteiger partial charge in [-0.3, -0.25) is 0 Å². The Kier molecular flexibility index (Phi) is 5.23. The summed E-state index contributed by atoms with van der Waals surface area (Å²) in [5, 5.41) is 0.455. The van der Waals surface area contributed by atoms with Crippen LogP contribution in [-0.2, 0) is 11.3 Å². The van der Waals surface area contributed by atoms with Gasteiger partial charge in [-0.2, -0.15) is 0 Å². The number of ether oxygens (including phenoxy) is 1. The average Bonchev–Trinajstić information content (AvgIpc) is 2.75. The highest BCUT2D eigenvalue weighted by molar-refractivity contribution is 6.31. The number of rotatable bonds is 5. The molecule has 0 heterocycles. The van der Waals surface area contributed by atoms with Gasteiger partial charge in [0.2, 0.25) is 0 Å². The van der Waals surface area contributed by atoms with E-state index in [-0.39, 0.29) is 18.5 Å². The van der Waals surface area contributed by atoms with Crippen LogP contribution >= 0.6 is 11.6 Å². The molecular formula is C16H22ClFO. The van der Waals surface area contributed by atoms with E-state index < -0.39 is 0 Å². The van der Waals surface area contributed by atoms with Gasteiger partial charge in [-0.05, 0) is 49.7 Å². The van der Waals surface area contributed by atoms with Crippen LogP contribution in [0.1, 0.15) is 45.1 Å². The normalized spacial score (nSPS) is 23.2. The second-order valence-electron chi connectivity index (χ2n) is 5.94. The lowest BCUT2D eigenvalue weighted by atomic mass is 9.96. The Hall–Kier alpha value is -0.600. The molecule has 1 fully saturated rings. The molecule has 1 aliphatic carbocycles. The molecule has 0 unspecified atom stereocenters. The molecule has 3 heteroatoms. The van der Waals surface area contributed by atoms with Crippen molar-refractivity contribution in [3.05, 3.63) is 34.6 Å². The van der Waals surface area contributed by atoms with Gasteiger partial charge in [0.15, 0.2) is 0 Å². The fraction of sp³-hybridized carbons (Fsp3) is 0.625. The van der Waals surface area contributed by atoms with Gasteiger partial charge in [0.1, 0.15) is 5.82 Å². The molecule has 2 rings (SSSR count). The molecule has 0 N–H and O–H groups in total. The number of hydrogen-bond donors (Lipinski definition) is 0. The molecule has 0 aliphatic heterocycles. The van der Waals surface area contributed by atoms with Crippen molar-refractivity contribution in [2.75, 3.05) is 0 Å². The fourth-order valence-electron chi connectivity index (χ4n) is 2.93. The van der Waals surface area contributed by atoms with E-state index in [9.17, 15) is 4.39 Å². The zero-order chi connectivity index (χ0) is 13.8. The molecule has 0 aromatic heterocycles. The predicted octanol–water partition coefficient (Wildman–Crippen LogP) is 5.21. The summed E-state index contributed by atoms with van der Waals surface area (Å²) in [6.45, 7) is 4.80. The molecule has 0 spiro atoms. The van der Waals surface area contributed by atoms with Crippen molar-refractivity contribution in [2.24, 2.45) is 11.8 Å². The predicted molar refractivity (Wildman–Crippen MR) is 76.8 cm³/mol. The maximum absolute atomic E-state index is 13.6. The van der Waals surface area contributed by atoms with Gasteiger partial charge in [-0.25, -0.2) is 4.39 Å². The van der Waals surface area contributed by atoms with E-state index in [4.69, 9.17) is 16.3 Å². The van der Waals surface area contributed by atoms with Crippen LogP contribution in [0.25, 0.3) is 0 Å². The number of benzene rings is 1. The molecule has 2 atom stereocenters. The van der Waals surface area contributed by atoms with Crippen molar-refractivity contribution in [3.8, 4) is 0 Å². The lowest BCUT2D eigenvalue weighted by Gasteiger charge is -2.15. The van der Waals surface area contributed by atoms with Crippen molar-refractivity contribution in [1.82, 2.24) is 0 Å². The summed E-state index contributed by atoms with van der Waals surface area (Å²) in [4.78, 5) is 0. The highest BCUT2D eigenvalue weighted by Crippen LogP contribution is 2.33. The Balaban J connectivity index is 1.84. The molecule has 1 aromatic rings. The maximum atomic E-state index is 13.6. The quantitative estimate of drug-likeness (QED) is 0.721. The second kappa shape index (κ2) is 6.71. The molecule has 1 saturated carbocycles. The molecule has 1 nitrogen and oxygen atoms in total. The lowest BCUT2D eigenvalue weighted by Crippen LogP contribution is -2.10. The molecule has 0 bridgehead atoms. The van der Waals surface area contributed by atoms with Crippen molar-refractivity contribution in [1.29, 1.82) is 0 Å². The zero-order valence-corrected chi connectivity index (χ0v) is 12.4. The molecule has 0 saturated heterocycles. The van der Waals surface area contributed by atoms with Crippen molar-refractivity contribution < 1.29 is 9.13 Å².